The summed E-state index contributed by atoms with van der Waals surface area (Å²) in [4.78, 5) is 11.6. The summed E-state index contributed by atoms with van der Waals surface area (Å²) >= 11 is 0. The van der Waals surface area contributed by atoms with Crippen LogP contribution in [0.4, 0.5) is 4.39 Å². The zero-order valence-electron chi connectivity index (χ0n) is 13.3. The first-order valence-corrected chi connectivity index (χ1v) is 7.65. The molecule has 0 aliphatic heterocycles. The first-order valence-electron chi connectivity index (χ1n) is 7.65. The van der Waals surface area contributed by atoms with Crippen LogP contribution in [0.1, 0.15) is 30.9 Å². The van der Waals surface area contributed by atoms with Crippen molar-refractivity contribution in [2.24, 2.45) is 5.92 Å². The van der Waals surface area contributed by atoms with Gasteiger partial charge >= 0.3 is 5.97 Å². The number of aliphatic carboxylic acids is 1. The van der Waals surface area contributed by atoms with E-state index in [9.17, 15) is 14.3 Å². The Balaban J connectivity index is 2.15. The third kappa shape index (κ3) is 5.09. The molecule has 0 bridgehead atoms. The molecule has 2 aromatic rings. The molecule has 0 aliphatic rings. The number of carbonyl (C=O) groups is 1. The van der Waals surface area contributed by atoms with E-state index < -0.39 is 11.9 Å². The summed E-state index contributed by atoms with van der Waals surface area (Å²) in [6.45, 7) is 4.75. The monoisotopic (exact) mass is 316 g/mol. The van der Waals surface area contributed by atoms with Crippen molar-refractivity contribution in [1.29, 1.82) is 0 Å². The highest BCUT2D eigenvalue weighted by Gasteiger charge is 2.20. The second-order valence-electron chi connectivity index (χ2n) is 6.00. The number of hydrogen-bond donors (Lipinski definition) is 1. The maximum Gasteiger partial charge on any atom is 0.311 e. The average Bonchev–Trinajstić information content (AvgIpc) is 2.52. The van der Waals surface area contributed by atoms with Gasteiger partial charge in [-0.3, -0.25) is 4.79 Å². The van der Waals surface area contributed by atoms with E-state index in [1.165, 1.54) is 24.3 Å². The van der Waals surface area contributed by atoms with Crippen molar-refractivity contribution >= 4 is 5.97 Å². The largest absolute Gasteiger partial charge is 0.493 e. The molecular weight excluding hydrogens is 295 g/mol. The molecule has 122 valence electrons. The van der Waals surface area contributed by atoms with Crippen molar-refractivity contribution in [3.63, 3.8) is 0 Å². The second kappa shape index (κ2) is 7.77. The number of rotatable bonds is 7. The first-order chi connectivity index (χ1) is 11.0. The van der Waals surface area contributed by atoms with Crippen LogP contribution in [-0.2, 0) is 11.2 Å². The summed E-state index contributed by atoms with van der Waals surface area (Å²) in [6.07, 6.45) is 0.333. The van der Waals surface area contributed by atoms with Crippen molar-refractivity contribution in [3.05, 3.63) is 65.5 Å². The zero-order chi connectivity index (χ0) is 16.8. The summed E-state index contributed by atoms with van der Waals surface area (Å²) in [7, 11) is 0. The van der Waals surface area contributed by atoms with Crippen molar-refractivity contribution in [2.75, 3.05) is 6.61 Å². The van der Waals surface area contributed by atoms with E-state index in [0.717, 1.165) is 11.3 Å². The van der Waals surface area contributed by atoms with Gasteiger partial charge in [-0.25, -0.2) is 4.39 Å². The molecule has 0 heterocycles. The molecule has 0 aliphatic carbocycles. The SMILES string of the molecule is CC(C)COc1cccc(CC(C(=O)O)c2ccc(F)cc2)c1. The molecule has 0 spiro atoms. The van der Waals surface area contributed by atoms with E-state index >= 15 is 0 Å². The molecule has 4 heteroatoms. The van der Waals surface area contributed by atoms with Gasteiger partial charge in [0.25, 0.3) is 0 Å². The molecule has 2 rings (SSSR count). The van der Waals surface area contributed by atoms with Crippen molar-refractivity contribution in [3.8, 4) is 5.75 Å². The van der Waals surface area contributed by atoms with Gasteiger partial charge in [0, 0.05) is 0 Å². The predicted molar refractivity (Wildman–Crippen MR) is 87.3 cm³/mol. The Labute approximate surface area is 135 Å². The topological polar surface area (TPSA) is 46.5 Å². The van der Waals surface area contributed by atoms with Crippen LogP contribution in [0.25, 0.3) is 0 Å². The van der Waals surface area contributed by atoms with E-state index in [-0.39, 0.29) is 5.82 Å². The summed E-state index contributed by atoms with van der Waals surface area (Å²) < 4.78 is 18.7. The number of hydrogen-bond acceptors (Lipinski definition) is 2. The molecule has 0 aromatic heterocycles. The summed E-state index contributed by atoms with van der Waals surface area (Å²) in [5, 5.41) is 9.48. The molecule has 0 radical (unpaired) electrons. The lowest BCUT2D eigenvalue weighted by Gasteiger charge is -2.14. The molecule has 2 aromatic carbocycles. The summed E-state index contributed by atoms with van der Waals surface area (Å²) in [6, 6.07) is 13.1. The van der Waals surface area contributed by atoms with Gasteiger partial charge in [-0.1, -0.05) is 38.1 Å². The van der Waals surface area contributed by atoms with Gasteiger partial charge in [-0.2, -0.15) is 0 Å². The highest BCUT2D eigenvalue weighted by Crippen LogP contribution is 2.24. The number of carboxylic acid groups (broad SMARTS) is 1. The highest BCUT2D eigenvalue weighted by molar-refractivity contribution is 5.76. The minimum Gasteiger partial charge on any atom is -0.493 e. The fourth-order valence-electron chi connectivity index (χ4n) is 2.30. The molecule has 1 atom stereocenters. The van der Waals surface area contributed by atoms with E-state index in [1.54, 1.807) is 0 Å². The molecule has 0 saturated carbocycles. The van der Waals surface area contributed by atoms with Crippen LogP contribution in [0.3, 0.4) is 0 Å². The Kier molecular flexibility index (Phi) is 5.74. The minimum atomic E-state index is -0.926. The summed E-state index contributed by atoms with van der Waals surface area (Å²) in [5.41, 5.74) is 1.47. The normalized spacial score (nSPS) is 12.2. The lowest BCUT2D eigenvalue weighted by molar-refractivity contribution is -0.138. The van der Waals surface area contributed by atoms with Crippen LogP contribution in [0.2, 0.25) is 0 Å². The zero-order valence-corrected chi connectivity index (χ0v) is 13.3. The number of carboxylic acids is 1. The van der Waals surface area contributed by atoms with E-state index in [1.807, 2.05) is 24.3 Å². The Bertz CT molecular complexity index is 650. The molecular formula is C19H21FO3. The van der Waals surface area contributed by atoms with Gasteiger partial charge in [0.1, 0.15) is 11.6 Å². The van der Waals surface area contributed by atoms with E-state index in [4.69, 9.17) is 4.74 Å². The lowest BCUT2D eigenvalue weighted by atomic mass is 9.92. The Morgan fingerprint density at radius 3 is 2.48 bits per heavy atom. The quantitative estimate of drug-likeness (QED) is 0.829. The van der Waals surface area contributed by atoms with Crippen LogP contribution >= 0.6 is 0 Å². The number of halogens is 1. The standard InChI is InChI=1S/C19H21FO3/c1-13(2)12-23-17-5-3-4-14(10-17)11-18(19(21)22)15-6-8-16(20)9-7-15/h3-10,13,18H,11-12H2,1-2H3,(H,21,22). The molecule has 3 nitrogen and oxygen atoms in total. The third-order valence-electron chi connectivity index (χ3n) is 3.49. The second-order valence-corrected chi connectivity index (χ2v) is 6.00. The predicted octanol–water partition coefficient (Wildman–Crippen LogP) is 4.27. The molecule has 0 amide bonds. The van der Waals surface area contributed by atoms with Gasteiger partial charge < -0.3 is 9.84 Å². The molecule has 0 fully saturated rings. The van der Waals surface area contributed by atoms with Gasteiger partial charge in [0.2, 0.25) is 0 Å². The van der Waals surface area contributed by atoms with Crippen molar-refractivity contribution in [1.82, 2.24) is 0 Å². The molecule has 1 unspecified atom stereocenters. The smallest absolute Gasteiger partial charge is 0.311 e. The van der Waals surface area contributed by atoms with E-state index in [2.05, 4.69) is 13.8 Å². The van der Waals surface area contributed by atoms with Gasteiger partial charge in [-0.15, -0.1) is 0 Å². The van der Waals surface area contributed by atoms with Gasteiger partial charge in [0.05, 0.1) is 12.5 Å². The highest BCUT2D eigenvalue weighted by atomic mass is 19.1. The van der Waals surface area contributed by atoms with Crippen molar-refractivity contribution in [2.45, 2.75) is 26.2 Å². The lowest BCUT2D eigenvalue weighted by Crippen LogP contribution is -2.14. The van der Waals surface area contributed by atoms with Crippen molar-refractivity contribution < 1.29 is 19.0 Å². The fraction of sp³-hybridized carbons (Fsp3) is 0.316. The minimum absolute atomic E-state index is 0.333. The Morgan fingerprint density at radius 2 is 1.87 bits per heavy atom. The van der Waals surface area contributed by atoms with Crippen LogP contribution in [0.5, 0.6) is 5.75 Å². The van der Waals surface area contributed by atoms with Gasteiger partial charge in [0.15, 0.2) is 0 Å². The first kappa shape index (κ1) is 17.0. The van der Waals surface area contributed by atoms with Crippen LogP contribution < -0.4 is 4.74 Å². The Hall–Kier alpha value is -2.36. The maximum absolute atomic E-state index is 13.0. The summed E-state index contributed by atoms with van der Waals surface area (Å²) in [5.74, 6) is -0.855. The maximum atomic E-state index is 13.0. The average molecular weight is 316 g/mol. The van der Waals surface area contributed by atoms with Crippen LogP contribution in [0, 0.1) is 11.7 Å². The number of ether oxygens (including phenoxy) is 1. The Morgan fingerprint density at radius 1 is 1.17 bits per heavy atom. The van der Waals surface area contributed by atoms with Crippen LogP contribution in [-0.4, -0.2) is 17.7 Å². The number of benzene rings is 2. The fourth-order valence-corrected chi connectivity index (χ4v) is 2.30. The molecule has 1 N–H and O–H groups in total. The molecule has 23 heavy (non-hydrogen) atoms. The molecule has 0 saturated heterocycles. The van der Waals surface area contributed by atoms with Gasteiger partial charge in [-0.05, 0) is 47.7 Å². The van der Waals surface area contributed by atoms with Crippen LogP contribution in [0.15, 0.2) is 48.5 Å². The van der Waals surface area contributed by atoms with E-state index in [0.29, 0.717) is 24.5 Å². The third-order valence-corrected chi connectivity index (χ3v) is 3.49.